The fraction of sp³-hybridized carbons (Fsp3) is 0.250. The molecule has 0 atom stereocenters. The van der Waals surface area contributed by atoms with Crippen LogP contribution in [-0.2, 0) is 17.6 Å². The Labute approximate surface area is 132 Å². The zero-order valence-electron chi connectivity index (χ0n) is 12.1. The molecule has 2 N–H and O–H groups in total. The number of aliphatic carboxylic acids is 1. The summed E-state index contributed by atoms with van der Waals surface area (Å²) in [5.41, 5.74) is 1.85. The van der Waals surface area contributed by atoms with Crippen LogP contribution in [0, 0.1) is 6.92 Å². The van der Waals surface area contributed by atoms with Crippen LogP contribution in [0.1, 0.15) is 27.2 Å². The quantitative estimate of drug-likeness (QED) is 0.857. The number of hydrogen-bond donors (Lipinski definition) is 2. The third-order valence-corrected chi connectivity index (χ3v) is 3.60. The lowest BCUT2D eigenvalue weighted by Crippen LogP contribution is -2.27. The van der Waals surface area contributed by atoms with Crippen molar-refractivity contribution in [1.82, 2.24) is 5.32 Å². The van der Waals surface area contributed by atoms with E-state index in [2.05, 4.69) is 5.32 Å². The van der Waals surface area contributed by atoms with E-state index in [1.807, 2.05) is 18.2 Å². The molecule has 1 aromatic heterocycles. The fourth-order valence-electron chi connectivity index (χ4n) is 2.17. The van der Waals surface area contributed by atoms with E-state index >= 15 is 0 Å². The van der Waals surface area contributed by atoms with Gasteiger partial charge in [-0.1, -0.05) is 29.8 Å². The molecule has 0 unspecified atom stereocenters. The number of halogens is 1. The van der Waals surface area contributed by atoms with E-state index in [9.17, 15) is 9.59 Å². The first-order chi connectivity index (χ1) is 10.5. The number of benzene rings is 1. The molecule has 1 heterocycles. The lowest BCUT2D eigenvalue weighted by molar-refractivity contribution is -0.136. The van der Waals surface area contributed by atoms with Crippen molar-refractivity contribution in [1.29, 1.82) is 0 Å². The summed E-state index contributed by atoms with van der Waals surface area (Å²) in [4.78, 5) is 23.0. The highest BCUT2D eigenvalue weighted by Gasteiger charge is 2.20. The third kappa shape index (κ3) is 3.89. The van der Waals surface area contributed by atoms with Crippen molar-refractivity contribution >= 4 is 23.5 Å². The predicted molar refractivity (Wildman–Crippen MR) is 82.3 cm³/mol. The fourth-order valence-corrected chi connectivity index (χ4v) is 2.40. The molecule has 5 nitrogen and oxygen atoms in total. The van der Waals surface area contributed by atoms with Crippen LogP contribution in [0.4, 0.5) is 0 Å². The van der Waals surface area contributed by atoms with Crippen molar-refractivity contribution in [2.45, 2.75) is 19.8 Å². The molecular weight excluding hydrogens is 306 g/mol. The van der Waals surface area contributed by atoms with E-state index < -0.39 is 5.97 Å². The molecule has 0 fully saturated rings. The molecule has 1 aromatic carbocycles. The number of carbonyl (C=O) groups excluding carboxylic acids is 1. The molecule has 0 aliphatic carbocycles. The minimum Gasteiger partial charge on any atom is -0.481 e. The Kier molecular flexibility index (Phi) is 5.22. The molecule has 1 amide bonds. The molecule has 6 heteroatoms. The lowest BCUT2D eigenvalue weighted by Gasteiger charge is -2.07. The molecular formula is C16H16ClNO4. The van der Waals surface area contributed by atoms with Gasteiger partial charge in [0.05, 0.1) is 11.8 Å². The number of hydrogen-bond acceptors (Lipinski definition) is 3. The minimum atomic E-state index is -1.04. The van der Waals surface area contributed by atoms with Crippen molar-refractivity contribution in [3.63, 3.8) is 0 Å². The smallest absolute Gasteiger partial charge is 0.311 e. The second-order valence-corrected chi connectivity index (χ2v) is 5.29. The van der Waals surface area contributed by atoms with Gasteiger partial charge in [-0.3, -0.25) is 9.59 Å². The highest BCUT2D eigenvalue weighted by molar-refractivity contribution is 6.31. The highest BCUT2D eigenvalue weighted by Crippen LogP contribution is 2.18. The maximum absolute atomic E-state index is 12.2. The van der Waals surface area contributed by atoms with Crippen molar-refractivity contribution in [2.75, 3.05) is 6.54 Å². The topological polar surface area (TPSA) is 79.5 Å². The number of carboxylic acids is 1. The summed E-state index contributed by atoms with van der Waals surface area (Å²) in [6.45, 7) is 2.11. The molecule has 0 radical (unpaired) electrons. The zero-order chi connectivity index (χ0) is 16.1. The molecule has 0 saturated heterocycles. The summed E-state index contributed by atoms with van der Waals surface area (Å²) in [6, 6.07) is 7.42. The largest absolute Gasteiger partial charge is 0.481 e. The number of nitrogens with one attached hydrogen (secondary N) is 1. The number of furan rings is 1. The Balaban J connectivity index is 1.99. The molecule has 0 aliphatic heterocycles. The Morgan fingerprint density at radius 3 is 2.73 bits per heavy atom. The first kappa shape index (κ1) is 16.1. The van der Waals surface area contributed by atoms with Crippen molar-refractivity contribution in [2.24, 2.45) is 0 Å². The average Bonchev–Trinajstić information content (AvgIpc) is 2.81. The van der Waals surface area contributed by atoms with E-state index in [4.69, 9.17) is 21.1 Å². The molecule has 0 aliphatic rings. The number of carboxylic acid groups (broad SMARTS) is 1. The molecule has 0 bridgehead atoms. The number of aryl methyl sites for hydroxylation is 1. The molecule has 0 saturated carbocycles. The van der Waals surface area contributed by atoms with E-state index in [0.717, 1.165) is 5.56 Å². The Morgan fingerprint density at radius 2 is 2.05 bits per heavy atom. The van der Waals surface area contributed by atoms with Crippen LogP contribution >= 0.6 is 11.6 Å². The van der Waals surface area contributed by atoms with Gasteiger partial charge in [-0.2, -0.15) is 0 Å². The highest BCUT2D eigenvalue weighted by atomic mass is 35.5. The van der Waals surface area contributed by atoms with E-state index in [0.29, 0.717) is 29.1 Å². The second kappa shape index (κ2) is 7.13. The third-order valence-electron chi connectivity index (χ3n) is 3.23. The van der Waals surface area contributed by atoms with Gasteiger partial charge in [0.2, 0.25) is 0 Å². The second-order valence-electron chi connectivity index (χ2n) is 4.88. The monoisotopic (exact) mass is 321 g/mol. The standard InChI is InChI=1S/C16H16ClNO4/c1-10-9-22-13(8-14(19)20)15(10)16(21)18-7-6-11-4-2-3-5-12(11)17/h2-5,9H,6-8H2,1H3,(H,18,21)(H,19,20). The Hall–Kier alpha value is -2.27. The van der Waals surface area contributed by atoms with Crippen molar-refractivity contribution in [3.8, 4) is 0 Å². The lowest BCUT2D eigenvalue weighted by atomic mass is 10.1. The van der Waals surface area contributed by atoms with Crippen molar-refractivity contribution < 1.29 is 19.1 Å². The van der Waals surface area contributed by atoms with Gasteiger partial charge in [0.15, 0.2) is 0 Å². The maximum atomic E-state index is 12.2. The predicted octanol–water partition coefficient (Wildman–Crippen LogP) is 2.84. The van der Waals surface area contributed by atoms with Crippen LogP contribution < -0.4 is 5.32 Å². The number of rotatable bonds is 6. The van der Waals surface area contributed by atoms with E-state index in [1.54, 1.807) is 13.0 Å². The summed E-state index contributed by atoms with van der Waals surface area (Å²) in [5.74, 6) is -1.21. The summed E-state index contributed by atoms with van der Waals surface area (Å²) >= 11 is 6.05. The van der Waals surface area contributed by atoms with Crippen LogP contribution in [0.5, 0.6) is 0 Å². The van der Waals surface area contributed by atoms with Gasteiger partial charge in [0.1, 0.15) is 12.2 Å². The molecule has 2 rings (SSSR count). The first-order valence-corrected chi connectivity index (χ1v) is 7.17. The van der Waals surface area contributed by atoms with Gasteiger partial charge in [0.25, 0.3) is 5.91 Å². The zero-order valence-corrected chi connectivity index (χ0v) is 12.8. The maximum Gasteiger partial charge on any atom is 0.311 e. The number of carbonyl (C=O) groups is 2. The summed E-state index contributed by atoms with van der Waals surface area (Å²) < 4.78 is 5.15. The molecule has 0 spiro atoms. The van der Waals surface area contributed by atoms with Gasteiger partial charge >= 0.3 is 5.97 Å². The van der Waals surface area contributed by atoms with Crippen LogP contribution in [-0.4, -0.2) is 23.5 Å². The summed E-state index contributed by atoms with van der Waals surface area (Å²) in [7, 11) is 0. The number of amides is 1. The minimum absolute atomic E-state index is 0.167. The van der Waals surface area contributed by atoms with Gasteiger partial charge in [-0.05, 0) is 25.0 Å². The van der Waals surface area contributed by atoms with Gasteiger partial charge < -0.3 is 14.8 Å². The molecule has 22 heavy (non-hydrogen) atoms. The van der Waals surface area contributed by atoms with Crippen LogP contribution in [0.2, 0.25) is 5.02 Å². The first-order valence-electron chi connectivity index (χ1n) is 6.79. The van der Waals surface area contributed by atoms with Gasteiger partial charge in [0, 0.05) is 17.1 Å². The summed E-state index contributed by atoms with van der Waals surface area (Å²) in [5, 5.41) is 12.3. The van der Waals surface area contributed by atoms with Crippen LogP contribution in [0.15, 0.2) is 34.9 Å². The van der Waals surface area contributed by atoms with Crippen LogP contribution in [0.3, 0.4) is 0 Å². The Morgan fingerprint density at radius 1 is 1.32 bits per heavy atom. The van der Waals surface area contributed by atoms with E-state index in [-0.39, 0.29) is 18.1 Å². The van der Waals surface area contributed by atoms with Gasteiger partial charge in [-0.25, -0.2) is 0 Å². The SMILES string of the molecule is Cc1coc(CC(=O)O)c1C(=O)NCCc1ccccc1Cl. The van der Waals surface area contributed by atoms with Crippen molar-refractivity contribution in [3.05, 3.63) is 58.0 Å². The van der Waals surface area contributed by atoms with Gasteiger partial charge in [-0.15, -0.1) is 0 Å². The molecule has 2 aromatic rings. The summed E-state index contributed by atoms with van der Waals surface area (Å²) in [6.07, 6.45) is 1.67. The molecule has 116 valence electrons. The Bertz CT molecular complexity index is 693. The van der Waals surface area contributed by atoms with E-state index in [1.165, 1.54) is 6.26 Å². The average molecular weight is 322 g/mol. The normalized spacial score (nSPS) is 10.5. The van der Waals surface area contributed by atoms with Crippen LogP contribution in [0.25, 0.3) is 0 Å².